The van der Waals surface area contributed by atoms with Crippen molar-refractivity contribution in [3.8, 4) is 0 Å². The molecule has 2 aliphatic heterocycles. The quantitative estimate of drug-likeness (QED) is 0.315. The molecule has 182 valence electrons. The first kappa shape index (κ1) is 25.9. The average Bonchev–Trinajstić information content (AvgIpc) is 3.37. The Labute approximate surface area is 189 Å². The minimum absolute atomic E-state index is 0.0150. The van der Waals surface area contributed by atoms with Gasteiger partial charge in [0.05, 0.1) is 13.2 Å². The van der Waals surface area contributed by atoms with Gasteiger partial charge in [0, 0.05) is 6.04 Å². The zero-order chi connectivity index (χ0) is 24.2. The number of esters is 2. The summed E-state index contributed by atoms with van der Waals surface area (Å²) in [6.07, 6.45) is 0.265. The fourth-order valence-corrected chi connectivity index (χ4v) is 3.99. The molecular formula is C22H37N3O7. The molecule has 2 heterocycles. The van der Waals surface area contributed by atoms with Gasteiger partial charge in [0.25, 0.3) is 0 Å². The van der Waals surface area contributed by atoms with E-state index in [0.717, 1.165) is 24.4 Å². The largest absolute Gasteiger partial charge is 0.464 e. The smallest absolute Gasteiger partial charge is 0.408 e. The van der Waals surface area contributed by atoms with Crippen molar-refractivity contribution in [2.24, 2.45) is 5.92 Å². The lowest BCUT2D eigenvalue weighted by Crippen LogP contribution is -2.62. The third kappa shape index (κ3) is 6.11. The molecule has 10 heteroatoms. The summed E-state index contributed by atoms with van der Waals surface area (Å²) in [6, 6.07) is -3.45. The predicted molar refractivity (Wildman–Crippen MR) is 116 cm³/mol. The Morgan fingerprint density at radius 2 is 1.47 bits per heavy atom. The lowest BCUT2D eigenvalue weighted by molar-refractivity contribution is -0.147. The first-order valence-corrected chi connectivity index (χ1v) is 11.3. The highest BCUT2D eigenvalue weighted by Crippen LogP contribution is 2.34. The zero-order valence-electron chi connectivity index (χ0n) is 20.2. The van der Waals surface area contributed by atoms with E-state index in [0.29, 0.717) is 0 Å². The highest BCUT2D eigenvalue weighted by Gasteiger charge is 2.63. The molecule has 0 aromatic heterocycles. The van der Waals surface area contributed by atoms with E-state index in [1.54, 1.807) is 34.6 Å². The molecule has 10 nitrogen and oxygen atoms in total. The van der Waals surface area contributed by atoms with E-state index in [4.69, 9.17) is 14.2 Å². The molecule has 1 N–H and O–H groups in total. The lowest BCUT2D eigenvalue weighted by Gasteiger charge is -2.44. The van der Waals surface area contributed by atoms with Crippen molar-refractivity contribution >= 4 is 23.9 Å². The summed E-state index contributed by atoms with van der Waals surface area (Å²) in [4.78, 5) is 54.4. The minimum atomic E-state index is -1.06. The van der Waals surface area contributed by atoms with Crippen LogP contribution in [0.1, 0.15) is 54.9 Å². The molecule has 4 atom stereocenters. The van der Waals surface area contributed by atoms with Crippen molar-refractivity contribution < 1.29 is 33.4 Å². The van der Waals surface area contributed by atoms with Crippen molar-refractivity contribution in [3.05, 3.63) is 0 Å². The maximum absolute atomic E-state index is 13.6. The van der Waals surface area contributed by atoms with Gasteiger partial charge in [-0.1, -0.05) is 13.8 Å². The van der Waals surface area contributed by atoms with Crippen LogP contribution in [-0.4, -0.2) is 89.8 Å². The van der Waals surface area contributed by atoms with Crippen molar-refractivity contribution in [3.63, 3.8) is 0 Å². The fourth-order valence-electron chi connectivity index (χ4n) is 3.99. The summed E-state index contributed by atoms with van der Waals surface area (Å²) >= 11 is 0. The minimum Gasteiger partial charge on any atom is -0.464 e. The van der Waals surface area contributed by atoms with Crippen LogP contribution in [0.5, 0.6) is 0 Å². The summed E-state index contributed by atoms with van der Waals surface area (Å²) < 4.78 is 15.5. The first-order chi connectivity index (χ1) is 14.9. The number of nitrogens with zero attached hydrogens (tertiary/aromatic N) is 2. The number of nitrogens with one attached hydrogen (secondary N) is 1. The molecule has 2 saturated heterocycles. The second-order valence-corrected chi connectivity index (χ2v) is 9.39. The molecule has 2 amide bonds. The third-order valence-electron chi connectivity index (χ3n) is 5.39. The number of likely N-dealkylation sites (tertiary alicyclic amines) is 1. The van der Waals surface area contributed by atoms with Gasteiger partial charge in [-0.05, 0) is 60.0 Å². The van der Waals surface area contributed by atoms with Crippen LogP contribution in [0, 0.1) is 5.92 Å². The Balaban J connectivity index is 2.33. The molecule has 2 aliphatic rings. The Bertz CT molecular complexity index is 691. The molecular weight excluding hydrogens is 418 g/mol. The van der Waals surface area contributed by atoms with Gasteiger partial charge in [0.2, 0.25) is 5.91 Å². The second-order valence-electron chi connectivity index (χ2n) is 9.39. The molecule has 1 unspecified atom stereocenters. The van der Waals surface area contributed by atoms with Gasteiger partial charge in [-0.2, -0.15) is 0 Å². The molecule has 0 aromatic carbocycles. The maximum atomic E-state index is 13.6. The van der Waals surface area contributed by atoms with E-state index in [1.807, 2.05) is 13.8 Å². The van der Waals surface area contributed by atoms with Crippen LogP contribution in [0.4, 0.5) is 4.79 Å². The molecule has 0 spiro atoms. The average molecular weight is 456 g/mol. The SMILES string of the molecule is CCOC(=O)[C@H]1[C@H](C(=O)OCC)N1C(=O)[C@@H](NC(=O)OC(C)(C)C)C(C(C)C)N1CCC1. The zero-order valence-corrected chi connectivity index (χ0v) is 20.2. The van der Waals surface area contributed by atoms with Crippen LogP contribution in [0.2, 0.25) is 0 Å². The molecule has 0 radical (unpaired) electrons. The fraction of sp³-hybridized carbons (Fsp3) is 0.818. The summed E-state index contributed by atoms with van der Waals surface area (Å²) in [7, 11) is 0. The van der Waals surface area contributed by atoms with Crippen molar-refractivity contribution in [2.75, 3.05) is 26.3 Å². The van der Waals surface area contributed by atoms with E-state index in [2.05, 4.69) is 10.2 Å². The van der Waals surface area contributed by atoms with Crippen molar-refractivity contribution in [1.82, 2.24) is 15.1 Å². The van der Waals surface area contributed by atoms with Crippen LogP contribution in [0.25, 0.3) is 0 Å². The van der Waals surface area contributed by atoms with Gasteiger partial charge < -0.3 is 24.4 Å². The van der Waals surface area contributed by atoms with Crippen LogP contribution in [0.3, 0.4) is 0 Å². The Morgan fingerprint density at radius 3 is 1.81 bits per heavy atom. The number of rotatable bonds is 9. The van der Waals surface area contributed by atoms with E-state index < -0.39 is 47.7 Å². The van der Waals surface area contributed by atoms with Gasteiger partial charge in [-0.3, -0.25) is 9.69 Å². The maximum Gasteiger partial charge on any atom is 0.408 e. The summed E-state index contributed by atoms with van der Waals surface area (Å²) in [5.41, 5.74) is -0.747. The van der Waals surface area contributed by atoms with Crippen LogP contribution >= 0.6 is 0 Å². The first-order valence-electron chi connectivity index (χ1n) is 11.3. The third-order valence-corrected chi connectivity index (χ3v) is 5.39. The molecule has 2 rings (SSSR count). The van der Waals surface area contributed by atoms with Crippen molar-refractivity contribution in [2.45, 2.75) is 84.7 Å². The highest BCUT2D eigenvalue weighted by molar-refractivity contribution is 6.03. The Morgan fingerprint density at radius 1 is 0.969 bits per heavy atom. The number of carbonyl (C=O) groups is 4. The number of hydrogen-bond donors (Lipinski definition) is 1. The number of hydrogen-bond acceptors (Lipinski definition) is 8. The molecule has 0 saturated carbocycles. The molecule has 0 bridgehead atoms. The van der Waals surface area contributed by atoms with E-state index in [-0.39, 0.29) is 25.2 Å². The van der Waals surface area contributed by atoms with Gasteiger partial charge in [-0.15, -0.1) is 0 Å². The monoisotopic (exact) mass is 455 g/mol. The lowest BCUT2D eigenvalue weighted by atomic mass is 9.91. The molecule has 32 heavy (non-hydrogen) atoms. The Hall–Kier alpha value is -2.36. The van der Waals surface area contributed by atoms with Crippen LogP contribution in [0.15, 0.2) is 0 Å². The highest BCUT2D eigenvalue weighted by atomic mass is 16.6. The topological polar surface area (TPSA) is 114 Å². The number of amides is 2. The van der Waals surface area contributed by atoms with Crippen LogP contribution < -0.4 is 5.32 Å². The van der Waals surface area contributed by atoms with Crippen molar-refractivity contribution in [1.29, 1.82) is 0 Å². The van der Waals surface area contributed by atoms with Gasteiger partial charge >= 0.3 is 18.0 Å². The second kappa shape index (κ2) is 10.5. The molecule has 2 fully saturated rings. The van der Waals surface area contributed by atoms with E-state index >= 15 is 0 Å². The van der Waals surface area contributed by atoms with Gasteiger partial charge in [0.15, 0.2) is 12.1 Å². The summed E-state index contributed by atoms with van der Waals surface area (Å²) in [5, 5.41) is 2.71. The summed E-state index contributed by atoms with van der Waals surface area (Å²) in [5.74, 6) is -1.85. The summed E-state index contributed by atoms with van der Waals surface area (Å²) in [6.45, 7) is 14.3. The Kier molecular flexibility index (Phi) is 8.50. The standard InChI is InChI=1S/C22H37N3O7/c1-8-30-19(27)16-17(20(28)31-9-2)25(16)18(26)14(23-21(29)32-22(5,6)7)15(13(3)4)24-11-10-12-24/h13-17H,8-12H2,1-7H3,(H,23,29)/t14-,15?,16+,17+/m0/s1. The van der Waals surface area contributed by atoms with Gasteiger partial charge in [-0.25, -0.2) is 14.4 Å². The molecule has 0 aromatic rings. The van der Waals surface area contributed by atoms with Crippen LogP contribution in [-0.2, 0) is 28.6 Å². The predicted octanol–water partition coefficient (Wildman–Crippen LogP) is 1.32. The van der Waals surface area contributed by atoms with E-state index in [1.165, 1.54) is 0 Å². The molecule has 0 aliphatic carbocycles. The van der Waals surface area contributed by atoms with Gasteiger partial charge in [0.1, 0.15) is 11.6 Å². The number of carbonyl (C=O) groups excluding carboxylic acids is 4. The number of ether oxygens (including phenoxy) is 3. The van der Waals surface area contributed by atoms with E-state index in [9.17, 15) is 19.2 Å². The number of alkyl carbamates (subject to hydrolysis) is 1. The normalized spacial score (nSPS) is 22.4.